The molecule has 5 nitrogen and oxygen atoms in total. The van der Waals surface area contributed by atoms with Crippen molar-refractivity contribution in [1.82, 2.24) is 14.9 Å². The molecular formula is C11H17IN4O. The fraction of sp³-hybridized carbons (Fsp3) is 0.636. The summed E-state index contributed by atoms with van der Waals surface area (Å²) in [5.41, 5.74) is 0. The second-order valence-electron chi connectivity index (χ2n) is 3.93. The van der Waals surface area contributed by atoms with Gasteiger partial charge in [-0.05, 0) is 29.1 Å². The SMILES string of the molecule is CCN1CCOC(c2ncc(I)c(NC)n2)C1. The lowest BCUT2D eigenvalue weighted by Crippen LogP contribution is -2.38. The molecule has 1 saturated heterocycles. The maximum atomic E-state index is 5.74. The van der Waals surface area contributed by atoms with Crippen LogP contribution in [0.25, 0.3) is 0 Å². The number of halogens is 1. The molecule has 0 spiro atoms. The van der Waals surface area contributed by atoms with Gasteiger partial charge in [0.1, 0.15) is 11.9 Å². The topological polar surface area (TPSA) is 50.3 Å². The first-order valence-electron chi connectivity index (χ1n) is 5.78. The lowest BCUT2D eigenvalue weighted by molar-refractivity contribution is -0.0325. The van der Waals surface area contributed by atoms with Crippen molar-refractivity contribution in [1.29, 1.82) is 0 Å². The minimum absolute atomic E-state index is 0.00667. The summed E-state index contributed by atoms with van der Waals surface area (Å²) in [5, 5.41) is 3.07. The minimum Gasteiger partial charge on any atom is -0.372 e. The van der Waals surface area contributed by atoms with Crippen molar-refractivity contribution in [2.24, 2.45) is 0 Å². The molecule has 2 rings (SSSR count). The summed E-state index contributed by atoms with van der Waals surface area (Å²) in [6.07, 6.45) is 1.83. The molecule has 0 radical (unpaired) electrons. The predicted octanol–water partition coefficient (Wildman–Crippen LogP) is 1.52. The van der Waals surface area contributed by atoms with Gasteiger partial charge in [-0.25, -0.2) is 9.97 Å². The quantitative estimate of drug-likeness (QED) is 0.840. The summed E-state index contributed by atoms with van der Waals surface area (Å²) < 4.78 is 6.76. The average molecular weight is 348 g/mol. The van der Waals surface area contributed by atoms with Gasteiger partial charge in [-0.15, -0.1) is 0 Å². The molecule has 17 heavy (non-hydrogen) atoms. The molecule has 0 amide bonds. The third-order valence-corrected chi connectivity index (χ3v) is 3.67. The third kappa shape index (κ3) is 3.05. The highest BCUT2D eigenvalue weighted by atomic mass is 127. The van der Waals surface area contributed by atoms with Crippen molar-refractivity contribution in [3.63, 3.8) is 0 Å². The molecule has 94 valence electrons. The highest BCUT2D eigenvalue weighted by molar-refractivity contribution is 14.1. The lowest BCUT2D eigenvalue weighted by atomic mass is 10.2. The summed E-state index contributed by atoms with van der Waals surface area (Å²) in [6, 6.07) is 0. The standard InChI is InChI=1S/C11H17IN4O/c1-3-16-4-5-17-9(7-16)11-14-6-8(12)10(13-2)15-11/h6,9H,3-5,7H2,1-2H3,(H,13,14,15). The molecule has 0 bridgehead atoms. The Bertz CT molecular complexity index is 388. The van der Waals surface area contributed by atoms with Gasteiger partial charge in [0.15, 0.2) is 5.82 Å². The van der Waals surface area contributed by atoms with E-state index in [1.165, 1.54) is 0 Å². The lowest BCUT2D eigenvalue weighted by Gasteiger charge is -2.31. The summed E-state index contributed by atoms with van der Waals surface area (Å²) >= 11 is 2.22. The fourth-order valence-electron chi connectivity index (χ4n) is 1.86. The first-order chi connectivity index (χ1) is 8.24. The Hall–Kier alpha value is -0.470. The first-order valence-corrected chi connectivity index (χ1v) is 6.86. The molecule has 1 aromatic rings. The number of anilines is 1. The maximum Gasteiger partial charge on any atom is 0.160 e. The fourth-order valence-corrected chi connectivity index (χ4v) is 2.39. The summed E-state index contributed by atoms with van der Waals surface area (Å²) in [7, 11) is 1.87. The number of rotatable bonds is 3. The number of hydrogen-bond donors (Lipinski definition) is 1. The minimum atomic E-state index is -0.00667. The number of nitrogens with zero attached hydrogens (tertiary/aromatic N) is 3. The van der Waals surface area contributed by atoms with Crippen LogP contribution in [-0.2, 0) is 4.74 Å². The van der Waals surface area contributed by atoms with Crippen molar-refractivity contribution in [3.05, 3.63) is 15.6 Å². The van der Waals surface area contributed by atoms with Gasteiger partial charge >= 0.3 is 0 Å². The number of hydrogen-bond acceptors (Lipinski definition) is 5. The number of aromatic nitrogens is 2. The zero-order valence-electron chi connectivity index (χ0n) is 10.1. The number of likely N-dealkylation sites (N-methyl/N-ethyl adjacent to an activating group) is 1. The zero-order chi connectivity index (χ0) is 12.3. The van der Waals surface area contributed by atoms with E-state index in [1.54, 1.807) is 0 Å². The zero-order valence-corrected chi connectivity index (χ0v) is 12.3. The summed E-state index contributed by atoms with van der Waals surface area (Å²) in [4.78, 5) is 11.2. The first kappa shape index (κ1) is 13.0. The molecular weight excluding hydrogens is 331 g/mol. The van der Waals surface area contributed by atoms with Gasteiger partial charge in [0, 0.05) is 26.3 Å². The molecule has 2 heterocycles. The van der Waals surface area contributed by atoms with Gasteiger partial charge in [0.05, 0.1) is 10.2 Å². The molecule has 1 N–H and O–H groups in total. The van der Waals surface area contributed by atoms with Crippen molar-refractivity contribution in [2.45, 2.75) is 13.0 Å². The monoisotopic (exact) mass is 348 g/mol. The Morgan fingerprint density at radius 1 is 1.65 bits per heavy atom. The Balaban J connectivity index is 2.16. The van der Waals surface area contributed by atoms with Gasteiger partial charge in [0.2, 0.25) is 0 Å². The van der Waals surface area contributed by atoms with E-state index in [1.807, 2.05) is 13.2 Å². The van der Waals surface area contributed by atoms with Crippen LogP contribution < -0.4 is 5.32 Å². The molecule has 0 aliphatic carbocycles. The number of morpholine rings is 1. The highest BCUT2D eigenvalue weighted by Crippen LogP contribution is 2.22. The van der Waals surface area contributed by atoms with Crippen LogP contribution in [0.1, 0.15) is 18.9 Å². The number of ether oxygens (including phenoxy) is 1. The van der Waals surface area contributed by atoms with Gasteiger partial charge in [-0.2, -0.15) is 0 Å². The van der Waals surface area contributed by atoms with E-state index in [0.717, 1.165) is 41.5 Å². The van der Waals surface area contributed by atoms with Crippen LogP contribution in [0.2, 0.25) is 0 Å². The van der Waals surface area contributed by atoms with Crippen molar-refractivity contribution in [3.8, 4) is 0 Å². The maximum absolute atomic E-state index is 5.74. The second-order valence-corrected chi connectivity index (χ2v) is 5.09. The summed E-state index contributed by atoms with van der Waals surface area (Å²) in [6.45, 7) is 5.83. The van der Waals surface area contributed by atoms with Gasteiger partial charge < -0.3 is 10.1 Å². The van der Waals surface area contributed by atoms with E-state index in [0.29, 0.717) is 0 Å². The molecule has 1 aliphatic rings. The molecule has 0 saturated carbocycles. The Labute approximate surface area is 115 Å². The Morgan fingerprint density at radius 3 is 3.18 bits per heavy atom. The normalized spacial score (nSPS) is 21.5. The largest absolute Gasteiger partial charge is 0.372 e. The van der Waals surface area contributed by atoms with E-state index >= 15 is 0 Å². The van der Waals surface area contributed by atoms with Crippen molar-refractivity contribution >= 4 is 28.4 Å². The van der Waals surface area contributed by atoms with E-state index in [9.17, 15) is 0 Å². The van der Waals surface area contributed by atoms with Crippen LogP contribution >= 0.6 is 22.6 Å². The predicted molar refractivity (Wildman–Crippen MR) is 75.1 cm³/mol. The Morgan fingerprint density at radius 2 is 2.47 bits per heavy atom. The van der Waals surface area contributed by atoms with Gasteiger partial charge in [0.25, 0.3) is 0 Å². The molecule has 0 aromatic carbocycles. The average Bonchev–Trinajstić information content (AvgIpc) is 2.39. The molecule has 1 atom stereocenters. The summed E-state index contributed by atoms with van der Waals surface area (Å²) in [5.74, 6) is 1.64. The highest BCUT2D eigenvalue weighted by Gasteiger charge is 2.23. The third-order valence-electron chi connectivity index (χ3n) is 2.89. The second kappa shape index (κ2) is 5.92. The van der Waals surface area contributed by atoms with E-state index in [2.05, 4.69) is 49.7 Å². The van der Waals surface area contributed by atoms with Crippen LogP contribution in [-0.4, -0.2) is 48.2 Å². The molecule has 1 unspecified atom stereocenters. The van der Waals surface area contributed by atoms with Crippen molar-refractivity contribution in [2.75, 3.05) is 38.6 Å². The molecule has 6 heteroatoms. The smallest absolute Gasteiger partial charge is 0.160 e. The van der Waals surface area contributed by atoms with Crippen LogP contribution in [0.5, 0.6) is 0 Å². The van der Waals surface area contributed by atoms with Gasteiger partial charge in [-0.1, -0.05) is 6.92 Å². The molecule has 1 aliphatic heterocycles. The van der Waals surface area contributed by atoms with Gasteiger partial charge in [-0.3, -0.25) is 4.90 Å². The van der Waals surface area contributed by atoms with Crippen LogP contribution in [0.15, 0.2) is 6.20 Å². The van der Waals surface area contributed by atoms with Crippen LogP contribution in [0.3, 0.4) is 0 Å². The van der Waals surface area contributed by atoms with Crippen LogP contribution in [0.4, 0.5) is 5.82 Å². The Kier molecular flexibility index (Phi) is 4.52. The van der Waals surface area contributed by atoms with E-state index in [-0.39, 0.29) is 6.10 Å². The number of nitrogens with one attached hydrogen (secondary N) is 1. The molecule has 1 fully saturated rings. The van der Waals surface area contributed by atoms with Crippen molar-refractivity contribution < 1.29 is 4.74 Å². The van der Waals surface area contributed by atoms with Crippen LogP contribution in [0, 0.1) is 3.57 Å². The van der Waals surface area contributed by atoms with E-state index < -0.39 is 0 Å². The van der Waals surface area contributed by atoms with E-state index in [4.69, 9.17) is 4.74 Å². The molecule has 1 aromatic heterocycles.